The van der Waals surface area contributed by atoms with Crippen molar-refractivity contribution in [2.75, 3.05) is 6.54 Å². The third-order valence-corrected chi connectivity index (χ3v) is 4.29. The van der Waals surface area contributed by atoms with E-state index in [0.717, 1.165) is 18.6 Å². The molecule has 0 saturated carbocycles. The minimum atomic E-state index is -0.548. The summed E-state index contributed by atoms with van der Waals surface area (Å²) >= 11 is 6.10. The average Bonchev–Trinajstić information content (AvgIpc) is 2.64. The summed E-state index contributed by atoms with van der Waals surface area (Å²) in [6, 6.07) is 15.3. The molecule has 4 nitrogen and oxygen atoms in total. The predicted octanol–water partition coefficient (Wildman–Crippen LogP) is 5.03. The van der Waals surface area contributed by atoms with Crippen molar-refractivity contribution in [2.45, 2.75) is 52.2 Å². The number of carbonyl (C=O) groups excluding carboxylic acids is 1. The van der Waals surface area contributed by atoms with Crippen LogP contribution in [0, 0.1) is 0 Å². The molecular weight excluding hydrogens is 362 g/mol. The minimum absolute atomic E-state index is 0.116. The Morgan fingerprint density at radius 2 is 1.89 bits per heavy atom. The Bertz CT molecular complexity index is 733. The molecule has 1 amide bonds. The molecule has 0 unspecified atom stereocenters. The molecule has 2 rings (SSSR count). The first-order chi connectivity index (χ1) is 13.0. The van der Waals surface area contributed by atoms with Crippen LogP contribution in [-0.4, -0.2) is 24.7 Å². The van der Waals surface area contributed by atoms with E-state index in [-0.39, 0.29) is 12.0 Å². The maximum Gasteiger partial charge on any atom is 0.261 e. The van der Waals surface area contributed by atoms with Gasteiger partial charge < -0.3 is 14.8 Å². The van der Waals surface area contributed by atoms with Crippen molar-refractivity contribution in [3.63, 3.8) is 0 Å². The molecular formula is C22H28ClNO3. The molecule has 0 heterocycles. The summed E-state index contributed by atoms with van der Waals surface area (Å²) in [5, 5.41) is 3.46. The molecule has 0 aliphatic rings. The number of benzene rings is 2. The van der Waals surface area contributed by atoms with Crippen molar-refractivity contribution < 1.29 is 14.3 Å². The number of hydrogen-bond donors (Lipinski definition) is 1. The summed E-state index contributed by atoms with van der Waals surface area (Å²) in [5.41, 5.74) is 1.20. The number of halogens is 1. The molecule has 2 aromatic carbocycles. The Kier molecular flexibility index (Phi) is 8.46. The summed E-state index contributed by atoms with van der Waals surface area (Å²) in [7, 11) is 0. The zero-order valence-corrected chi connectivity index (χ0v) is 17.0. The van der Waals surface area contributed by atoms with Gasteiger partial charge in [0.25, 0.3) is 5.91 Å². The van der Waals surface area contributed by atoms with Crippen LogP contribution in [0.25, 0.3) is 0 Å². The summed E-state index contributed by atoms with van der Waals surface area (Å²) in [4.78, 5) is 12.4. The lowest BCUT2D eigenvalue weighted by Crippen LogP contribution is -2.38. The average molecular weight is 390 g/mol. The quantitative estimate of drug-likeness (QED) is 0.579. The highest BCUT2D eigenvalue weighted by Crippen LogP contribution is 2.24. The van der Waals surface area contributed by atoms with E-state index in [1.54, 1.807) is 12.1 Å². The Hall–Kier alpha value is -2.20. The maximum absolute atomic E-state index is 12.4. The minimum Gasteiger partial charge on any atom is -0.491 e. The van der Waals surface area contributed by atoms with Gasteiger partial charge in [0.05, 0.1) is 11.1 Å². The van der Waals surface area contributed by atoms with Crippen molar-refractivity contribution in [1.29, 1.82) is 0 Å². The van der Waals surface area contributed by atoms with Crippen molar-refractivity contribution in [1.82, 2.24) is 5.32 Å². The van der Waals surface area contributed by atoms with E-state index in [1.807, 2.05) is 45.0 Å². The topological polar surface area (TPSA) is 47.6 Å². The van der Waals surface area contributed by atoms with Crippen molar-refractivity contribution >= 4 is 17.5 Å². The number of hydrogen-bond acceptors (Lipinski definition) is 3. The lowest BCUT2D eigenvalue weighted by Gasteiger charge is -2.18. The summed E-state index contributed by atoms with van der Waals surface area (Å²) in [6.07, 6.45) is 1.90. The fraction of sp³-hybridized carbons (Fsp3) is 0.409. The van der Waals surface area contributed by atoms with Crippen LogP contribution in [0.4, 0.5) is 0 Å². The van der Waals surface area contributed by atoms with E-state index < -0.39 is 6.10 Å². The van der Waals surface area contributed by atoms with Crippen molar-refractivity contribution in [3.05, 3.63) is 59.1 Å². The molecule has 0 aliphatic heterocycles. The molecule has 1 N–H and O–H groups in total. The molecule has 1 atom stereocenters. The molecule has 0 aliphatic carbocycles. The smallest absolute Gasteiger partial charge is 0.261 e. The van der Waals surface area contributed by atoms with Gasteiger partial charge in [-0.1, -0.05) is 42.8 Å². The molecule has 146 valence electrons. The van der Waals surface area contributed by atoms with Crippen LogP contribution in [0.15, 0.2) is 48.5 Å². The second kappa shape index (κ2) is 10.8. The number of para-hydroxylation sites is 1. The van der Waals surface area contributed by atoms with E-state index >= 15 is 0 Å². The first-order valence-electron chi connectivity index (χ1n) is 9.44. The molecule has 27 heavy (non-hydrogen) atoms. The van der Waals surface area contributed by atoms with Gasteiger partial charge in [-0.25, -0.2) is 0 Å². The SMILES string of the molecule is CC[C@H](Oc1ccccc1Cl)C(=O)NCCCc1cccc(OC(C)C)c1. The highest BCUT2D eigenvalue weighted by Gasteiger charge is 2.18. The standard InChI is InChI=1S/C22H28ClNO3/c1-4-20(27-21-13-6-5-12-19(21)23)22(25)24-14-8-10-17-9-7-11-18(15-17)26-16(2)3/h5-7,9,11-13,15-16,20H,4,8,10,14H2,1-3H3,(H,24,25)/t20-/m0/s1. The monoisotopic (exact) mass is 389 g/mol. The van der Waals surface area contributed by atoms with E-state index in [0.29, 0.717) is 23.7 Å². The van der Waals surface area contributed by atoms with Gasteiger partial charge in [-0.2, -0.15) is 0 Å². The van der Waals surface area contributed by atoms with Crippen LogP contribution < -0.4 is 14.8 Å². The number of rotatable bonds is 10. The second-order valence-corrected chi connectivity index (χ2v) is 7.06. The number of ether oxygens (including phenoxy) is 2. The highest BCUT2D eigenvalue weighted by atomic mass is 35.5. The van der Waals surface area contributed by atoms with Gasteiger partial charge in [0.2, 0.25) is 0 Å². The fourth-order valence-electron chi connectivity index (χ4n) is 2.68. The Morgan fingerprint density at radius 3 is 2.59 bits per heavy atom. The first-order valence-corrected chi connectivity index (χ1v) is 9.82. The second-order valence-electron chi connectivity index (χ2n) is 6.65. The van der Waals surface area contributed by atoms with E-state index in [4.69, 9.17) is 21.1 Å². The number of aryl methyl sites for hydroxylation is 1. The molecule has 0 spiro atoms. The summed E-state index contributed by atoms with van der Waals surface area (Å²) in [6.45, 7) is 6.53. The lowest BCUT2D eigenvalue weighted by atomic mass is 10.1. The van der Waals surface area contributed by atoms with Crippen LogP contribution >= 0.6 is 11.6 Å². The van der Waals surface area contributed by atoms with Gasteiger partial charge in [-0.05, 0) is 62.9 Å². The van der Waals surface area contributed by atoms with Crippen LogP contribution in [0.1, 0.15) is 39.2 Å². The highest BCUT2D eigenvalue weighted by molar-refractivity contribution is 6.32. The largest absolute Gasteiger partial charge is 0.491 e. The predicted molar refractivity (Wildman–Crippen MR) is 110 cm³/mol. The third-order valence-electron chi connectivity index (χ3n) is 3.98. The van der Waals surface area contributed by atoms with Crippen LogP contribution in [0.2, 0.25) is 5.02 Å². The molecule has 5 heteroatoms. The molecule has 0 fully saturated rings. The molecule has 0 saturated heterocycles. The number of nitrogens with one attached hydrogen (secondary N) is 1. The van der Waals surface area contributed by atoms with Crippen LogP contribution in [0.5, 0.6) is 11.5 Å². The van der Waals surface area contributed by atoms with E-state index in [1.165, 1.54) is 5.56 Å². The van der Waals surface area contributed by atoms with Crippen molar-refractivity contribution in [2.24, 2.45) is 0 Å². The maximum atomic E-state index is 12.4. The molecule has 0 aromatic heterocycles. The Labute approximate surface area is 166 Å². The summed E-state index contributed by atoms with van der Waals surface area (Å²) < 4.78 is 11.5. The zero-order chi connectivity index (χ0) is 19.6. The van der Waals surface area contributed by atoms with Gasteiger partial charge in [0.15, 0.2) is 6.10 Å². The number of carbonyl (C=O) groups is 1. The van der Waals surface area contributed by atoms with Gasteiger partial charge in [-0.15, -0.1) is 0 Å². The van der Waals surface area contributed by atoms with E-state index in [2.05, 4.69) is 17.4 Å². The van der Waals surface area contributed by atoms with E-state index in [9.17, 15) is 4.79 Å². The summed E-state index contributed by atoms with van der Waals surface area (Å²) in [5.74, 6) is 1.29. The first kappa shape index (κ1) is 21.1. The zero-order valence-electron chi connectivity index (χ0n) is 16.2. The fourth-order valence-corrected chi connectivity index (χ4v) is 2.86. The molecule has 0 bridgehead atoms. The van der Waals surface area contributed by atoms with Gasteiger partial charge in [-0.3, -0.25) is 4.79 Å². The van der Waals surface area contributed by atoms with Gasteiger partial charge in [0.1, 0.15) is 11.5 Å². The Morgan fingerprint density at radius 1 is 1.11 bits per heavy atom. The third kappa shape index (κ3) is 7.14. The van der Waals surface area contributed by atoms with Crippen LogP contribution in [-0.2, 0) is 11.2 Å². The molecule has 2 aromatic rings. The van der Waals surface area contributed by atoms with Crippen molar-refractivity contribution in [3.8, 4) is 11.5 Å². The Balaban J connectivity index is 1.78. The van der Waals surface area contributed by atoms with Crippen LogP contribution in [0.3, 0.4) is 0 Å². The van der Waals surface area contributed by atoms with Gasteiger partial charge >= 0.3 is 0 Å². The van der Waals surface area contributed by atoms with Gasteiger partial charge in [0, 0.05) is 6.54 Å². The lowest BCUT2D eigenvalue weighted by molar-refractivity contribution is -0.128. The normalized spacial score (nSPS) is 11.9. The number of amides is 1. The molecule has 0 radical (unpaired) electrons.